The largest absolute Gasteiger partial charge is 0.656 e. The third-order valence-electron chi connectivity index (χ3n) is 1.36. The van der Waals surface area contributed by atoms with E-state index in [1.54, 1.807) is 0 Å². The van der Waals surface area contributed by atoms with Crippen molar-refractivity contribution in [3.8, 4) is 0 Å². The van der Waals surface area contributed by atoms with Crippen LogP contribution in [0, 0.1) is 5.92 Å². The van der Waals surface area contributed by atoms with E-state index in [9.17, 15) is 4.79 Å². The molecule has 0 rings (SSSR count). The van der Waals surface area contributed by atoms with E-state index < -0.39 is 0 Å². The van der Waals surface area contributed by atoms with Gasteiger partial charge in [0, 0.05) is 32.7 Å². The van der Waals surface area contributed by atoms with Crippen LogP contribution < -0.4 is 5.32 Å². The summed E-state index contributed by atoms with van der Waals surface area (Å²) >= 11 is 0. The fraction of sp³-hybridized carbons (Fsp3) is 0.750. The molecule has 0 heterocycles. The molecule has 0 bridgehead atoms. The molecular formula is C8H16N2O2Y-2. The fourth-order valence-corrected chi connectivity index (χ4v) is 0.395. The molecule has 1 atom stereocenters. The average molecular weight is 261 g/mol. The van der Waals surface area contributed by atoms with E-state index in [2.05, 4.69) is 10.6 Å². The van der Waals surface area contributed by atoms with Crippen molar-refractivity contribution in [2.75, 3.05) is 14.1 Å². The van der Waals surface area contributed by atoms with E-state index in [1.165, 1.54) is 20.5 Å². The molecule has 0 aliphatic carbocycles. The minimum atomic E-state index is 0. The first-order chi connectivity index (χ1) is 5.63. The van der Waals surface area contributed by atoms with Crippen molar-refractivity contribution in [2.24, 2.45) is 5.92 Å². The molecule has 4 nitrogen and oxygen atoms in total. The number of amides is 2. The van der Waals surface area contributed by atoms with Gasteiger partial charge >= 0.3 is 0 Å². The average Bonchev–Trinajstić information content (AvgIpc) is 2.15. The molecule has 0 aromatic rings. The van der Waals surface area contributed by atoms with Gasteiger partial charge in [-0.2, -0.15) is 6.41 Å². The molecule has 75 valence electrons. The Labute approximate surface area is 105 Å². The normalized spacial score (nSPS) is 9.54. The third-order valence-corrected chi connectivity index (χ3v) is 1.36. The summed E-state index contributed by atoms with van der Waals surface area (Å²) in [5.41, 5.74) is 0. The Balaban J connectivity index is -0.000000173. The number of nitrogens with zero attached hydrogens (tertiary/aromatic N) is 1. The number of hydrogen-bond donors (Lipinski definition) is 1. The molecule has 0 aromatic heterocycles. The first-order valence-corrected chi connectivity index (χ1v) is 3.81. The maximum atomic E-state index is 10.6. The molecular weight excluding hydrogens is 245 g/mol. The van der Waals surface area contributed by atoms with Gasteiger partial charge in [0.1, 0.15) is 0 Å². The Morgan fingerprint density at radius 1 is 1.62 bits per heavy atom. The van der Waals surface area contributed by atoms with Gasteiger partial charge in [-0.15, -0.1) is 7.05 Å². The van der Waals surface area contributed by atoms with Crippen LogP contribution in [0.5, 0.6) is 0 Å². The molecule has 0 aromatic carbocycles. The van der Waals surface area contributed by atoms with E-state index in [1.807, 2.05) is 13.8 Å². The first-order valence-electron chi connectivity index (χ1n) is 3.81. The minimum absolute atomic E-state index is 0. The van der Waals surface area contributed by atoms with E-state index in [0.29, 0.717) is 0 Å². The molecule has 0 saturated heterocycles. The molecule has 13 heavy (non-hydrogen) atoms. The van der Waals surface area contributed by atoms with Crippen LogP contribution >= 0.6 is 0 Å². The van der Waals surface area contributed by atoms with E-state index in [-0.39, 0.29) is 44.5 Å². The van der Waals surface area contributed by atoms with E-state index >= 15 is 0 Å². The standard InChI is InChI=1S/C6H13NO.C2H4NO.Y/c1-4-5(2)6(8)7-3;1-3-2-4;/h5H,4H2,1-3H3,(H,7,8);1H3,(H,3,4);/q;-1;/p-1/t5-;;/m0../s1. The van der Waals surface area contributed by atoms with Crippen LogP contribution in [-0.4, -0.2) is 26.4 Å². The zero-order valence-corrected chi connectivity index (χ0v) is 11.5. The minimum Gasteiger partial charge on any atom is -0.656 e. The molecule has 0 aliphatic heterocycles. The second-order valence-corrected chi connectivity index (χ2v) is 2.22. The van der Waals surface area contributed by atoms with Gasteiger partial charge in [0.2, 0.25) is 0 Å². The molecule has 1 N–H and O–H groups in total. The van der Waals surface area contributed by atoms with Gasteiger partial charge in [-0.05, 0) is 19.4 Å². The second-order valence-electron chi connectivity index (χ2n) is 2.22. The van der Waals surface area contributed by atoms with Crippen LogP contribution in [-0.2, 0) is 42.3 Å². The van der Waals surface area contributed by atoms with Gasteiger partial charge in [-0.1, -0.05) is 13.8 Å². The van der Waals surface area contributed by atoms with Crippen molar-refractivity contribution in [1.82, 2.24) is 5.32 Å². The maximum absolute atomic E-state index is 10.6. The quantitative estimate of drug-likeness (QED) is 0.604. The number of rotatable bonds is 3. The number of carbonyl (C=O) groups is 1. The Kier molecular flexibility index (Phi) is 21.0. The topological polar surface area (TPSA) is 60.3 Å². The van der Waals surface area contributed by atoms with Crippen LogP contribution in [0.3, 0.4) is 0 Å². The Bertz CT molecular complexity index is 131. The van der Waals surface area contributed by atoms with Crippen LogP contribution in [0.15, 0.2) is 0 Å². The molecule has 0 spiro atoms. The smallest absolute Gasteiger partial charge is 0.0538 e. The maximum Gasteiger partial charge on any atom is 0.0538 e. The summed E-state index contributed by atoms with van der Waals surface area (Å²) in [7, 11) is 3.04. The van der Waals surface area contributed by atoms with Crippen molar-refractivity contribution in [3.05, 3.63) is 5.32 Å². The van der Waals surface area contributed by atoms with Crippen LogP contribution in [0.2, 0.25) is 0 Å². The van der Waals surface area contributed by atoms with Gasteiger partial charge in [0.25, 0.3) is 0 Å². The van der Waals surface area contributed by atoms with Crippen LogP contribution in [0.1, 0.15) is 20.3 Å². The fourth-order valence-electron chi connectivity index (χ4n) is 0.395. The zero-order valence-electron chi connectivity index (χ0n) is 8.63. The van der Waals surface area contributed by atoms with Crippen LogP contribution in [0.25, 0.3) is 5.32 Å². The summed E-state index contributed by atoms with van der Waals surface area (Å²) in [6.45, 7) is 3.86. The predicted octanol–water partition coefficient (Wildman–Crippen LogP) is 0.833. The van der Waals surface area contributed by atoms with E-state index in [0.717, 1.165) is 6.42 Å². The molecule has 2 amide bonds. The van der Waals surface area contributed by atoms with Crippen molar-refractivity contribution >= 4 is 12.3 Å². The summed E-state index contributed by atoms with van der Waals surface area (Å²) in [4.78, 5) is 19.5. The SMILES string of the molecule is CC[C@H](C)C(=O)[N-]C.CN[C-]=O.[Y]. The van der Waals surface area contributed by atoms with Crippen molar-refractivity contribution in [1.29, 1.82) is 0 Å². The molecule has 0 aliphatic rings. The monoisotopic (exact) mass is 261 g/mol. The summed E-state index contributed by atoms with van der Waals surface area (Å²) in [5, 5.41) is 5.65. The number of carbonyl (C=O) groups excluding carboxylic acids is 2. The third kappa shape index (κ3) is 14.9. The summed E-state index contributed by atoms with van der Waals surface area (Å²) < 4.78 is 0. The van der Waals surface area contributed by atoms with Gasteiger partial charge in [-0.25, -0.2) is 0 Å². The predicted molar refractivity (Wildman–Crippen MR) is 48.5 cm³/mol. The van der Waals surface area contributed by atoms with Gasteiger partial charge in [0.05, 0.1) is 5.91 Å². The van der Waals surface area contributed by atoms with Crippen molar-refractivity contribution in [3.63, 3.8) is 0 Å². The van der Waals surface area contributed by atoms with E-state index in [4.69, 9.17) is 4.79 Å². The molecule has 0 unspecified atom stereocenters. The van der Waals surface area contributed by atoms with Gasteiger partial charge < -0.3 is 20.2 Å². The summed E-state index contributed by atoms with van der Waals surface area (Å²) in [6.07, 6.45) is 2.32. The summed E-state index contributed by atoms with van der Waals surface area (Å²) in [5.74, 6) is 0.118. The van der Waals surface area contributed by atoms with Gasteiger partial charge in [-0.3, -0.25) is 0 Å². The molecule has 5 heteroatoms. The Morgan fingerprint density at radius 3 is 2.08 bits per heavy atom. The summed E-state index contributed by atoms with van der Waals surface area (Å²) in [6, 6.07) is 0. The van der Waals surface area contributed by atoms with Crippen molar-refractivity contribution < 1.29 is 42.3 Å². The zero-order chi connectivity index (χ0) is 9.98. The molecule has 1 radical (unpaired) electrons. The Hall–Kier alpha value is 0.0439. The van der Waals surface area contributed by atoms with Crippen LogP contribution in [0.4, 0.5) is 0 Å². The number of nitrogens with one attached hydrogen (secondary N) is 1. The second kappa shape index (κ2) is 14.6. The molecule has 0 saturated carbocycles. The van der Waals surface area contributed by atoms with Gasteiger partial charge in [0.15, 0.2) is 0 Å². The molecule has 0 fully saturated rings. The number of hydrogen-bond acceptors (Lipinski definition) is 2. The van der Waals surface area contributed by atoms with Crippen molar-refractivity contribution in [2.45, 2.75) is 20.3 Å². The first kappa shape index (κ1) is 18.8. The Morgan fingerprint density at radius 2 is 2.00 bits per heavy atom.